The summed E-state index contributed by atoms with van der Waals surface area (Å²) < 4.78 is 5.02. The maximum absolute atomic E-state index is 13.2. The molecule has 1 saturated heterocycles. The van der Waals surface area contributed by atoms with E-state index in [1.807, 2.05) is 30.3 Å². The number of carbonyl (C=O) groups excluding carboxylic acids is 2. The highest BCUT2D eigenvalue weighted by Crippen LogP contribution is 2.23. The van der Waals surface area contributed by atoms with Crippen molar-refractivity contribution in [1.82, 2.24) is 15.2 Å². The van der Waals surface area contributed by atoms with Crippen LogP contribution in [0.2, 0.25) is 0 Å². The number of amides is 2. The lowest BCUT2D eigenvalue weighted by Gasteiger charge is -2.23. The number of nitrogens with one attached hydrogen (secondary N) is 2. The number of H-pyrrole nitrogens is 1. The van der Waals surface area contributed by atoms with Crippen LogP contribution in [0.1, 0.15) is 15.9 Å². The van der Waals surface area contributed by atoms with Crippen molar-refractivity contribution in [3.63, 3.8) is 0 Å². The summed E-state index contributed by atoms with van der Waals surface area (Å²) in [6.07, 6.45) is 0.532. The lowest BCUT2D eigenvalue weighted by Crippen LogP contribution is -2.37. The summed E-state index contributed by atoms with van der Waals surface area (Å²) in [4.78, 5) is 41.7. The van der Waals surface area contributed by atoms with Gasteiger partial charge in [0.1, 0.15) is 0 Å². The molecule has 1 aliphatic rings. The van der Waals surface area contributed by atoms with Gasteiger partial charge in [-0.15, -0.1) is 0 Å². The minimum absolute atomic E-state index is 0.0509. The highest BCUT2D eigenvalue weighted by Gasteiger charge is 2.28. The monoisotopic (exact) mass is 441 g/mol. The van der Waals surface area contributed by atoms with Crippen LogP contribution in [0.5, 0.6) is 0 Å². The molecule has 1 aromatic heterocycles. The second kappa shape index (κ2) is 8.78. The predicted octanol–water partition coefficient (Wildman–Crippen LogP) is 3.22. The number of oxazole rings is 1. The molecule has 5 rings (SSSR count). The minimum Gasteiger partial charge on any atom is -0.408 e. The Bertz CT molecular complexity index is 1370. The van der Waals surface area contributed by atoms with Gasteiger partial charge in [-0.1, -0.05) is 54.6 Å². The lowest BCUT2D eigenvalue weighted by molar-refractivity contribution is -0.124. The smallest absolute Gasteiger partial charge is 0.408 e. The van der Waals surface area contributed by atoms with Gasteiger partial charge in [0, 0.05) is 25.2 Å². The largest absolute Gasteiger partial charge is 0.417 e. The topological polar surface area (TPSA) is 95.4 Å². The fraction of sp³-hybridized carbons (Fsp3) is 0.192. The number of hydrogen-bond donors (Lipinski definition) is 2. The van der Waals surface area contributed by atoms with Crippen LogP contribution in [0.4, 0.5) is 0 Å². The number of rotatable bonds is 4. The standard InChI is InChI=1S/C26H23N3O4/c30-24-21(14-17-5-4-8-19(13-17)18-6-2-1-3-7-18)16-29(12-11-27-24)25(31)20-9-10-23-22(15-20)28-26(32)33-23/h1-10,13,15,21H,11-12,14,16H2,(H,27,30)(H,28,32). The third-order valence-electron chi connectivity index (χ3n) is 5.96. The number of carbonyl (C=O) groups is 2. The zero-order valence-electron chi connectivity index (χ0n) is 17.9. The van der Waals surface area contributed by atoms with Crippen molar-refractivity contribution in [2.75, 3.05) is 19.6 Å². The Morgan fingerprint density at radius 1 is 0.970 bits per heavy atom. The van der Waals surface area contributed by atoms with Crippen LogP contribution in [0.15, 0.2) is 82.0 Å². The zero-order chi connectivity index (χ0) is 22.8. The molecular weight excluding hydrogens is 418 g/mol. The maximum Gasteiger partial charge on any atom is 0.417 e. The average molecular weight is 441 g/mol. The molecule has 2 heterocycles. The van der Waals surface area contributed by atoms with Crippen LogP contribution in [0.25, 0.3) is 22.2 Å². The summed E-state index contributed by atoms with van der Waals surface area (Å²) >= 11 is 0. The summed E-state index contributed by atoms with van der Waals surface area (Å²) in [5.41, 5.74) is 4.58. The molecule has 0 saturated carbocycles. The third kappa shape index (κ3) is 4.43. The molecule has 1 atom stereocenters. The molecule has 0 aliphatic carbocycles. The van der Waals surface area contributed by atoms with Crippen LogP contribution in [0, 0.1) is 5.92 Å². The molecule has 3 aromatic carbocycles. The molecule has 0 spiro atoms. The fourth-order valence-electron chi connectivity index (χ4n) is 4.30. The van der Waals surface area contributed by atoms with Crippen LogP contribution in [0.3, 0.4) is 0 Å². The van der Waals surface area contributed by atoms with Gasteiger partial charge in [-0.25, -0.2) is 4.79 Å². The molecule has 7 heteroatoms. The van der Waals surface area contributed by atoms with Crippen LogP contribution < -0.4 is 11.1 Å². The van der Waals surface area contributed by atoms with E-state index in [-0.39, 0.29) is 17.7 Å². The second-order valence-electron chi connectivity index (χ2n) is 8.24. The highest BCUT2D eigenvalue weighted by molar-refractivity contribution is 5.97. The van der Waals surface area contributed by atoms with Gasteiger partial charge in [0.25, 0.3) is 5.91 Å². The summed E-state index contributed by atoms with van der Waals surface area (Å²) in [5, 5.41) is 2.94. The van der Waals surface area contributed by atoms with E-state index in [0.29, 0.717) is 42.7 Å². The van der Waals surface area contributed by atoms with E-state index in [2.05, 4.69) is 34.6 Å². The first-order valence-electron chi connectivity index (χ1n) is 10.9. The van der Waals surface area contributed by atoms with E-state index in [0.717, 1.165) is 16.7 Å². The Hall–Kier alpha value is -4.13. The summed E-state index contributed by atoms with van der Waals surface area (Å²) in [5.74, 6) is -1.15. The van der Waals surface area contributed by atoms with Gasteiger partial charge >= 0.3 is 5.76 Å². The molecule has 1 fully saturated rings. The van der Waals surface area contributed by atoms with E-state index >= 15 is 0 Å². The molecule has 0 radical (unpaired) electrons. The van der Waals surface area contributed by atoms with Crippen molar-refractivity contribution < 1.29 is 14.0 Å². The average Bonchev–Trinajstić information content (AvgIpc) is 3.12. The minimum atomic E-state index is -0.558. The molecule has 2 amide bonds. The van der Waals surface area contributed by atoms with E-state index in [4.69, 9.17) is 4.42 Å². The highest BCUT2D eigenvalue weighted by atomic mass is 16.4. The second-order valence-corrected chi connectivity index (χ2v) is 8.24. The van der Waals surface area contributed by atoms with E-state index in [9.17, 15) is 14.4 Å². The van der Waals surface area contributed by atoms with Crippen molar-refractivity contribution >= 4 is 22.9 Å². The molecule has 1 aliphatic heterocycles. The Kier molecular flexibility index (Phi) is 5.52. The van der Waals surface area contributed by atoms with Crippen LogP contribution in [-0.2, 0) is 11.2 Å². The molecule has 7 nitrogen and oxygen atoms in total. The van der Waals surface area contributed by atoms with Crippen molar-refractivity contribution in [2.24, 2.45) is 5.92 Å². The van der Waals surface area contributed by atoms with Gasteiger partial charge in [0.2, 0.25) is 5.91 Å². The van der Waals surface area contributed by atoms with Gasteiger partial charge in [0.15, 0.2) is 5.58 Å². The molecule has 2 N–H and O–H groups in total. The van der Waals surface area contributed by atoms with Gasteiger partial charge in [-0.05, 0) is 41.3 Å². The number of aromatic nitrogens is 1. The van der Waals surface area contributed by atoms with Crippen molar-refractivity contribution in [1.29, 1.82) is 0 Å². The number of nitrogens with zero attached hydrogens (tertiary/aromatic N) is 1. The molecule has 4 aromatic rings. The van der Waals surface area contributed by atoms with Crippen molar-refractivity contribution in [3.05, 3.63) is 94.5 Å². The number of aromatic amines is 1. The van der Waals surface area contributed by atoms with Crippen LogP contribution in [-0.4, -0.2) is 41.3 Å². The molecule has 33 heavy (non-hydrogen) atoms. The number of benzene rings is 3. The van der Waals surface area contributed by atoms with Crippen molar-refractivity contribution in [3.8, 4) is 11.1 Å². The third-order valence-corrected chi connectivity index (χ3v) is 5.96. The summed E-state index contributed by atoms with van der Waals surface area (Å²) in [6, 6.07) is 23.1. The first kappa shape index (κ1) is 20.8. The van der Waals surface area contributed by atoms with Gasteiger partial charge in [-0.2, -0.15) is 0 Å². The Morgan fingerprint density at radius 3 is 2.64 bits per heavy atom. The Balaban J connectivity index is 1.36. The summed E-state index contributed by atoms with van der Waals surface area (Å²) in [6.45, 7) is 1.14. The quantitative estimate of drug-likeness (QED) is 0.508. The van der Waals surface area contributed by atoms with E-state index in [1.165, 1.54) is 0 Å². The lowest BCUT2D eigenvalue weighted by atomic mass is 9.95. The first-order valence-corrected chi connectivity index (χ1v) is 10.9. The van der Waals surface area contributed by atoms with E-state index in [1.54, 1.807) is 23.1 Å². The summed E-state index contributed by atoms with van der Waals surface area (Å²) in [7, 11) is 0. The van der Waals surface area contributed by atoms with E-state index < -0.39 is 5.76 Å². The number of fused-ring (bicyclic) bond motifs is 1. The predicted molar refractivity (Wildman–Crippen MR) is 125 cm³/mol. The first-order chi connectivity index (χ1) is 16.1. The molecule has 1 unspecified atom stereocenters. The Morgan fingerprint density at radius 2 is 1.79 bits per heavy atom. The van der Waals surface area contributed by atoms with Gasteiger partial charge in [-0.3, -0.25) is 14.6 Å². The Labute approximate surface area is 190 Å². The normalized spacial score (nSPS) is 16.4. The van der Waals surface area contributed by atoms with Gasteiger partial charge in [0.05, 0.1) is 11.4 Å². The maximum atomic E-state index is 13.2. The number of hydrogen-bond acceptors (Lipinski definition) is 4. The van der Waals surface area contributed by atoms with Crippen LogP contribution >= 0.6 is 0 Å². The molecular formula is C26H23N3O4. The molecule has 0 bridgehead atoms. The van der Waals surface area contributed by atoms with Gasteiger partial charge < -0.3 is 14.6 Å². The van der Waals surface area contributed by atoms with Crippen molar-refractivity contribution in [2.45, 2.75) is 6.42 Å². The fourth-order valence-corrected chi connectivity index (χ4v) is 4.30. The SMILES string of the molecule is O=C1NCCN(C(=O)c2ccc3oc(=O)[nH]c3c2)CC1Cc1cccc(-c2ccccc2)c1. The zero-order valence-corrected chi connectivity index (χ0v) is 17.9. The molecule has 166 valence electrons.